The Hall–Kier alpha value is -3.53. The SMILES string of the molecule is CC(C)CCNC(=O)C[C@H](c1cccc(OCc2ccccc2)c1)c1c[nH]c2ccccc12. The van der Waals surface area contributed by atoms with Gasteiger partial charge in [0.15, 0.2) is 0 Å². The van der Waals surface area contributed by atoms with Crippen molar-refractivity contribution in [2.24, 2.45) is 5.92 Å². The molecule has 1 heterocycles. The molecule has 170 valence electrons. The predicted molar refractivity (Wildman–Crippen MR) is 134 cm³/mol. The molecule has 1 amide bonds. The minimum absolute atomic E-state index is 0.0690. The minimum atomic E-state index is -0.0690. The van der Waals surface area contributed by atoms with Crippen LogP contribution in [-0.4, -0.2) is 17.4 Å². The molecule has 0 unspecified atom stereocenters. The third-order valence-corrected chi connectivity index (χ3v) is 5.94. The number of carbonyl (C=O) groups excluding carboxylic acids is 1. The molecule has 0 aliphatic rings. The van der Waals surface area contributed by atoms with E-state index in [0.29, 0.717) is 25.5 Å². The lowest BCUT2D eigenvalue weighted by molar-refractivity contribution is -0.121. The highest BCUT2D eigenvalue weighted by Gasteiger charge is 2.22. The highest BCUT2D eigenvalue weighted by molar-refractivity contribution is 5.86. The molecule has 2 N–H and O–H groups in total. The van der Waals surface area contributed by atoms with E-state index in [1.165, 1.54) is 0 Å². The molecular formula is C29H32N2O2. The summed E-state index contributed by atoms with van der Waals surface area (Å²) in [5.74, 6) is 1.37. The van der Waals surface area contributed by atoms with Crippen molar-refractivity contribution < 1.29 is 9.53 Å². The molecule has 1 atom stereocenters. The van der Waals surface area contributed by atoms with Crippen LogP contribution in [0.25, 0.3) is 10.9 Å². The fourth-order valence-corrected chi connectivity index (χ4v) is 4.11. The van der Waals surface area contributed by atoms with Crippen molar-refractivity contribution in [2.45, 2.75) is 39.2 Å². The van der Waals surface area contributed by atoms with Crippen LogP contribution in [0.3, 0.4) is 0 Å². The normalized spacial score (nSPS) is 12.1. The fourth-order valence-electron chi connectivity index (χ4n) is 4.11. The van der Waals surface area contributed by atoms with E-state index < -0.39 is 0 Å². The number of rotatable bonds is 10. The molecule has 0 saturated carbocycles. The Morgan fingerprint density at radius 3 is 2.58 bits per heavy atom. The lowest BCUT2D eigenvalue weighted by Gasteiger charge is -2.19. The summed E-state index contributed by atoms with van der Waals surface area (Å²) in [5.41, 5.74) is 4.41. The maximum atomic E-state index is 12.9. The van der Waals surface area contributed by atoms with Gasteiger partial charge in [-0.1, -0.05) is 74.5 Å². The standard InChI is InChI=1S/C29H32N2O2/c1-21(2)15-16-30-29(32)18-26(27-19-31-28-14-7-6-13-25(27)28)23-11-8-12-24(17-23)33-20-22-9-4-3-5-10-22/h3-14,17,19,21,26,31H,15-16,18,20H2,1-2H3,(H,30,32)/t26-/m1/s1. The molecule has 3 aromatic carbocycles. The molecule has 0 aliphatic carbocycles. The molecule has 1 aromatic heterocycles. The second kappa shape index (κ2) is 10.9. The van der Waals surface area contributed by atoms with Gasteiger partial charge in [0.05, 0.1) is 0 Å². The molecule has 0 fully saturated rings. The second-order valence-corrected chi connectivity index (χ2v) is 8.93. The fraction of sp³-hybridized carbons (Fsp3) is 0.276. The summed E-state index contributed by atoms with van der Waals surface area (Å²) >= 11 is 0. The van der Waals surface area contributed by atoms with Crippen molar-refractivity contribution in [3.63, 3.8) is 0 Å². The number of aromatic amines is 1. The van der Waals surface area contributed by atoms with Gasteiger partial charge in [0, 0.05) is 36.0 Å². The Labute approximate surface area is 196 Å². The van der Waals surface area contributed by atoms with Gasteiger partial charge in [0.25, 0.3) is 0 Å². The van der Waals surface area contributed by atoms with E-state index in [-0.39, 0.29) is 11.8 Å². The summed E-state index contributed by atoms with van der Waals surface area (Å²) in [5, 5.41) is 4.25. The number of hydrogen-bond acceptors (Lipinski definition) is 2. The first kappa shape index (κ1) is 22.7. The number of para-hydroxylation sites is 1. The molecule has 0 bridgehead atoms. The number of aromatic nitrogens is 1. The van der Waals surface area contributed by atoms with E-state index in [0.717, 1.165) is 39.8 Å². The number of nitrogens with one attached hydrogen (secondary N) is 2. The number of amides is 1. The lowest BCUT2D eigenvalue weighted by Crippen LogP contribution is -2.27. The largest absolute Gasteiger partial charge is 0.489 e. The Morgan fingerprint density at radius 2 is 1.76 bits per heavy atom. The van der Waals surface area contributed by atoms with Gasteiger partial charge in [-0.3, -0.25) is 4.79 Å². The number of fused-ring (bicyclic) bond motifs is 1. The second-order valence-electron chi connectivity index (χ2n) is 8.93. The summed E-state index contributed by atoms with van der Waals surface area (Å²) in [6, 6.07) is 26.5. The van der Waals surface area contributed by atoms with E-state index in [1.807, 2.05) is 48.7 Å². The van der Waals surface area contributed by atoms with Crippen molar-refractivity contribution in [2.75, 3.05) is 6.54 Å². The zero-order valence-corrected chi connectivity index (χ0v) is 19.4. The molecular weight excluding hydrogens is 408 g/mol. The van der Waals surface area contributed by atoms with Gasteiger partial charge < -0.3 is 15.0 Å². The molecule has 4 nitrogen and oxygen atoms in total. The number of ether oxygens (including phenoxy) is 1. The molecule has 4 rings (SSSR count). The minimum Gasteiger partial charge on any atom is -0.489 e. The molecule has 0 spiro atoms. The van der Waals surface area contributed by atoms with Crippen LogP contribution in [0.15, 0.2) is 85.1 Å². The van der Waals surface area contributed by atoms with E-state index in [4.69, 9.17) is 4.74 Å². The van der Waals surface area contributed by atoms with Gasteiger partial charge in [0.2, 0.25) is 5.91 Å². The third kappa shape index (κ3) is 6.04. The van der Waals surface area contributed by atoms with Crippen LogP contribution < -0.4 is 10.1 Å². The van der Waals surface area contributed by atoms with Crippen molar-refractivity contribution in [3.8, 4) is 5.75 Å². The van der Waals surface area contributed by atoms with Crippen LogP contribution in [0.2, 0.25) is 0 Å². The maximum absolute atomic E-state index is 12.9. The maximum Gasteiger partial charge on any atom is 0.220 e. The summed E-state index contributed by atoms with van der Waals surface area (Å²) < 4.78 is 6.08. The average Bonchev–Trinajstić information content (AvgIpc) is 3.26. The zero-order valence-electron chi connectivity index (χ0n) is 19.4. The number of hydrogen-bond donors (Lipinski definition) is 2. The summed E-state index contributed by atoms with van der Waals surface area (Å²) in [6.07, 6.45) is 3.41. The van der Waals surface area contributed by atoms with E-state index in [2.05, 4.69) is 60.5 Å². The predicted octanol–water partition coefficient (Wildman–Crippen LogP) is 6.43. The first-order chi connectivity index (χ1) is 16.1. The smallest absolute Gasteiger partial charge is 0.220 e. The van der Waals surface area contributed by atoms with Gasteiger partial charge in [-0.05, 0) is 47.2 Å². The van der Waals surface area contributed by atoms with Gasteiger partial charge in [0.1, 0.15) is 12.4 Å². The van der Waals surface area contributed by atoms with E-state index in [1.54, 1.807) is 0 Å². The summed E-state index contributed by atoms with van der Waals surface area (Å²) in [4.78, 5) is 16.3. The lowest BCUT2D eigenvalue weighted by atomic mass is 9.88. The number of carbonyl (C=O) groups is 1. The van der Waals surface area contributed by atoms with E-state index >= 15 is 0 Å². The highest BCUT2D eigenvalue weighted by atomic mass is 16.5. The van der Waals surface area contributed by atoms with Gasteiger partial charge >= 0.3 is 0 Å². The molecule has 4 aromatic rings. The van der Waals surface area contributed by atoms with Crippen molar-refractivity contribution >= 4 is 16.8 Å². The monoisotopic (exact) mass is 440 g/mol. The van der Waals surface area contributed by atoms with Gasteiger partial charge in [-0.25, -0.2) is 0 Å². The van der Waals surface area contributed by atoms with Crippen molar-refractivity contribution in [1.82, 2.24) is 10.3 Å². The third-order valence-electron chi connectivity index (χ3n) is 5.94. The molecule has 0 radical (unpaired) electrons. The summed E-state index contributed by atoms with van der Waals surface area (Å²) in [6.45, 7) is 5.55. The van der Waals surface area contributed by atoms with E-state index in [9.17, 15) is 4.79 Å². The van der Waals surface area contributed by atoms with Crippen LogP contribution in [0, 0.1) is 5.92 Å². The Morgan fingerprint density at radius 1 is 0.970 bits per heavy atom. The molecule has 4 heteroatoms. The van der Waals surface area contributed by atoms with Crippen LogP contribution >= 0.6 is 0 Å². The topological polar surface area (TPSA) is 54.1 Å². The molecule has 0 saturated heterocycles. The van der Waals surface area contributed by atoms with Crippen LogP contribution in [-0.2, 0) is 11.4 Å². The first-order valence-electron chi connectivity index (χ1n) is 11.7. The quantitative estimate of drug-likeness (QED) is 0.298. The summed E-state index contributed by atoms with van der Waals surface area (Å²) in [7, 11) is 0. The average molecular weight is 441 g/mol. The van der Waals surface area contributed by atoms with Crippen molar-refractivity contribution in [1.29, 1.82) is 0 Å². The number of benzene rings is 3. The highest BCUT2D eigenvalue weighted by Crippen LogP contribution is 2.35. The Kier molecular flexibility index (Phi) is 7.46. The Balaban J connectivity index is 1.58. The van der Waals surface area contributed by atoms with Crippen molar-refractivity contribution in [3.05, 3.63) is 102 Å². The molecule has 0 aliphatic heterocycles. The van der Waals surface area contributed by atoms with Gasteiger partial charge in [-0.2, -0.15) is 0 Å². The van der Waals surface area contributed by atoms with Crippen LogP contribution in [0.5, 0.6) is 5.75 Å². The number of H-pyrrole nitrogens is 1. The molecule has 33 heavy (non-hydrogen) atoms. The first-order valence-corrected chi connectivity index (χ1v) is 11.7. The Bertz CT molecular complexity index is 1180. The van der Waals surface area contributed by atoms with Crippen LogP contribution in [0.4, 0.5) is 0 Å². The van der Waals surface area contributed by atoms with Gasteiger partial charge in [-0.15, -0.1) is 0 Å². The van der Waals surface area contributed by atoms with Crippen LogP contribution in [0.1, 0.15) is 49.3 Å². The zero-order chi connectivity index (χ0) is 23.0.